The molecule has 0 amide bonds. The summed E-state index contributed by atoms with van der Waals surface area (Å²) >= 11 is -1.01. The van der Waals surface area contributed by atoms with Crippen molar-refractivity contribution in [1.29, 1.82) is 0 Å². The van der Waals surface area contributed by atoms with Gasteiger partial charge in [-0.1, -0.05) is 0 Å². The SMILES string of the molecule is O=[As]c1ccc(C(=O)c2ccccc2)cc1. The molecule has 3 heteroatoms. The summed E-state index contributed by atoms with van der Waals surface area (Å²) in [5.41, 5.74) is 1.30. The molecule has 0 aromatic heterocycles. The molecule has 78 valence electrons. The van der Waals surface area contributed by atoms with Crippen LogP contribution in [0.1, 0.15) is 15.9 Å². The summed E-state index contributed by atoms with van der Waals surface area (Å²) in [6.45, 7) is 0. The van der Waals surface area contributed by atoms with E-state index in [0.717, 1.165) is 4.35 Å². The van der Waals surface area contributed by atoms with Crippen molar-refractivity contribution in [2.45, 2.75) is 0 Å². The van der Waals surface area contributed by atoms with Gasteiger partial charge in [0.2, 0.25) is 0 Å². The van der Waals surface area contributed by atoms with Crippen molar-refractivity contribution < 1.29 is 8.53 Å². The number of rotatable bonds is 3. The number of hydrogen-bond acceptors (Lipinski definition) is 2. The Balaban J connectivity index is 2.31. The van der Waals surface area contributed by atoms with Gasteiger partial charge in [-0.2, -0.15) is 0 Å². The molecule has 2 rings (SSSR count). The molecule has 2 aromatic carbocycles. The third kappa shape index (κ3) is 2.34. The van der Waals surface area contributed by atoms with Gasteiger partial charge in [-0.15, -0.1) is 0 Å². The quantitative estimate of drug-likeness (QED) is 0.628. The number of benzene rings is 2. The minimum absolute atomic E-state index is 0.00528. The van der Waals surface area contributed by atoms with Crippen molar-refractivity contribution in [2.24, 2.45) is 0 Å². The number of ketones is 1. The second-order valence-electron chi connectivity index (χ2n) is 3.33. The number of hydrogen-bond donors (Lipinski definition) is 0. The summed E-state index contributed by atoms with van der Waals surface area (Å²) in [7, 11) is 0. The maximum absolute atomic E-state index is 12.0. The topological polar surface area (TPSA) is 34.1 Å². The van der Waals surface area contributed by atoms with Crippen LogP contribution < -0.4 is 4.35 Å². The van der Waals surface area contributed by atoms with E-state index in [0.29, 0.717) is 11.1 Å². The molecule has 0 fully saturated rings. The van der Waals surface area contributed by atoms with E-state index in [1.54, 1.807) is 36.4 Å². The van der Waals surface area contributed by atoms with Gasteiger partial charge in [-0.05, 0) is 0 Å². The van der Waals surface area contributed by atoms with Crippen LogP contribution in [-0.2, 0) is 3.74 Å². The van der Waals surface area contributed by atoms with Crippen molar-refractivity contribution in [3.8, 4) is 0 Å². The zero-order chi connectivity index (χ0) is 11.4. The molecular formula is C13H9AsO2. The van der Waals surface area contributed by atoms with Crippen molar-refractivity contribution in [3.63, 3.8) is 0 Å². The molecule has 16 heavy (non-hydrogen) atoms. The van der Waals surface area contributed by atoms with Gasteiger partial charge in [-0.25, -0.2) is 0 Å². The summed E-state index contributed by atoms with van der Waals surface area (Å²) in [6, 6.07) is 16.0. The predicted molar refractivity (Wildman–Crippen MR) is 62.4 cm³/mol. The Morgan fingerprint density at radius 1 is 0.812 bits per heavy atom. The zero-order valence-electron chi connectivity index (χ0n) is 8.46. The summed E-state index contributed by atoms with van der Waals surface area (Å²) in [6.07, 6.45) is 0. The molecule has 0 heterocycles. The average Bonchev–Trinajstić information content (AvgIpc) is 2.39. The maximum atomic E-state index is 12.0. The standard InChI is InChI=1S/C13H9AsO2/c15-13(10-4-2-1-3-5-10)11-6-8-12(14-16)9-7-11/h1-9H. The van der Waals surface area contributed by atoms with Gasteiger partial charge in [0.05, 0.1) is 0 Å². The molecular weight excluding hydrogens is 263 g/mol. The van der Waals surface area contributed by atoms with Gasteiger partial charge in [0.25, 0.3) is 0 Å². The average molecular weight is 272 g/mol. The van der Waals surface area contributed by atoms with Crippen LogP contribution in [0.3, 0.4) is 0 Å². The first-order valence-corrected chi connectivity index (χ1v) is 6.55. The molecule has 0 bridgehead atoms. The first-order valence-electron chi connectivity index (χ1n) is 4.84. The third-order valence-corrected chi connectivity index (χ3v) is 3.34. The molecule has 0 spiro atoms. The molecule has 0 unspecified atom stereocenters. The fourth-order valence-corrected chi connectivity index (χ4v) is 2.00. The van der Waals surface area contributed by atoms with E-state index in [1.165, 1.54) is 0 Å². The Hall–Kier alpha value is -1.53. The zero-order valence-corrected chi connectivity index (χ0v) is 10.3. The Morgan fingerprint density at radius 3 is 1.94 bits per heavy atom. The molecule has 0 aliphatic carbocycles. The number of carbonyl (C=O) groups excluding carboxylic acids is 1. The third-order valence-electron chi connectivity index (χ3n) is 2.27. The van der Waals surface area contributed by atoms with E-state index in [1.807, 2.05) is 18.2 Å². The van der Waals surface area contributed by atoms with E-state index in [2.05, 4.69) is 0 Å². The Morgan fingerprint density at radius 2 is 1.38 bits per heavy atom. The second kappa shape index (κ2) is 5.00. The van der Waals surface area contributed by atoms with Crippen LogP contribution in [0.15, 0.2) is 54.6 Å². The Kier molecular flexibility index (Phi) is 3.43. The van der Waals surface area contributed by atoms with Gasteiger partial charge >= 0.3 is 100 Å². The van der Waals surface area contributed by atoms with E-state index < -0.39 is 15.7 Å². The summed E-state index contributed by atoms with van der Waals surface area (Å²) < 4.78 is 11.5. The van der Waals surface area contributed by atoms with E-state index >= 15 is 0 Å². The van der Waals surface area contributed by atoms with Crippen molar-refractivity contribution in [1.82, 2.24) is 0 Å². The molecule has 0 saturated carbocycles. The second-order valence-corrected chi connectivity index (χ2v) is 4.80. The first-order chi connectivity index (χ1) is 7.81. The minimum atomic E-state index is -1.01. The monoisotopic (exact) mass is 272 g/mol. The van der Waals surface area contributed by atoms with Crippen molar-refractivity contribution in [3.05, 3.63) is 65.7 Å². The normalized spacial score (nSPS) is 10.2. The van der Waals surface area contributed by atoms with Crippen LogP contribution >= 0.6 is 0 Å². The summed E-state index contributed by atoms with van der Waals surface area (Å²) in [5.74, 6) is -0.00528. The number of carbonyl (C=O) groups is 1. The van der Waals surface area contributed by atoms with Gasteiger partial charge in [-0.3, -0.25) is 0 Å². The van der Waals surface area contributed by atoms with E-state index in [9.17, 15) is 8.53 Å². The molecule has 2 nitrogen and oxygen atoms in total. The van der Waals surface area contributed by atoms with Crippen molar-refractivity contribution in [2.75, 3.05) is 0 Å². The van der Waals surface area contributed by atoms with E-state index in [4.69, 9.17) is 0 Å². The Bertz CT molecular complexity index is 503. The molecule has 0 radical (unpaired) electrons. The van der Waals surface area contributed by atoms with Gasteiger partial charge in [0.1, 0.15) is 0 Å². The fraction of sp³-hybridized carbons (Fsp3) is 0. The van der Waals surface area contributed by atoms with Crippen LogP contribution in [0.5, 0.6) is 0 Å². The van der Waals surface area contributed by atoms with Crippen LogP contribution in [0.2, 0.25) is 0 Å². The van der Waals surface area contributed by atoms with Crippen LogP contribution in [0, 0.1) is 0 Å². The van der Waals surface area contributed by atoms with Crippen LogP contribution in [0.4, 0.5) is 0 Å². The first kappa shape index (κ1) is 11.0. The molecule has 0 aliphatic heterocycles. The predicted octanol–water partition coefficient (Wildman–Crippen LogP) is 1.59. The van der Waals surface area contributed by atoms with Crippen LogP contribution in [0.25, 0.3) is 0 Å². The molecule has 0 atom stereocenters. The van der Waals surface area contributed by atoms with Gasteiger partial charge in [0.15, 0.2) is 0 Å². The van der Waals surface area contributed by atoms with Crippen LogP contribution in [-0.4, -0.2) is 21.5 Å². The summed E-state index contributed by atoms with van der Waals surface area (Å²) in [4.78, 5) is 12.0. The molecule has 2 aromatic rings. The van der Waals surface area contributed by atoms with Gasteiger partial charge < -0.3 is 0 Å². The molecule has 0 aliphatic rings. The summed E-state index contributed by atoms with van der Waals surface area (Å²) in [5, 5.41) is 0. The van der Waals surface area contributed by atoms with E-state index in [-0.39, 0.29) is 5.78 Å². The Labute approximate surface area is 100 Å². The fourth-order valence-electron chi connectivity index (χ4n) is 1.43. The van der Waals surface area contributed by atoms with Gasteiger partial charge in [0, 0.05) is 0 Å². The molecule has 0 N–H and O–H groups in total. The van der Waals surface area contributed by atoms with Crippen molar-refractivity contribution >= 4 is 25.8 Å². The molecule has 0 saturated heterocycles.